The third-order valence-electron chi connectivity index (χ3n) is 3.12. The highest BCUT2D eigenvalue weighted by Crippen LogP contribution is 2.17. The first-order valence-corrected chi connectivity index (χ1v) is 7.69. The minimum atomic E-state index is -1.06. The molecule has 0 saturated heterocycles. The lowest BCUT2D eigenvalue weighted by atomic mass is 10.2. The Labute approximate surface area is 143 Å². The number of aliphatic carboxylic acids is 1. The molecule has 1 heterocycles. The molecule has 1 aromatic carbocycles. The highest BCUT2D eigenvalue weighted by atomic mass is 35.5. The molecule has 128 valence electrons. The van der Waals surface area contributed by atoms with Crippen molar-refractivity contribution in [1.29, 1.82) is 0 Å². The summed E-state index contributed by atoms with van der Waals surface area (Å²) in [7, 11) is 0. The SMILES string of the molecule is CCc1c(C(=O)NCCOCC(=O)O)nnn1-c1cccc(Cl)c1. The Bertz CT molecular complexity index is 732. The number of aromatic nitrogens is 3. The number of benzene rings is 1. The molecule has 0 saturated carbocycles. The maximum atomic E-state index is 12.2. The van der Waals surface area contributed by atoms with Crippen molar-refractivity contribution in [2.75, 3.05) is 19.8 Å². The van der Waals surface area contributed by atoms with E-state index >= 15 is 0 Å². The van der Waals surface area contributed by atoms with Crippen LogP contribution in [0.25, 0.3) is 5.69 Å². The summed E-state index contributed by atoms with van der Waals surface area (Å²) >= 11 is 5.98. The zero-order chi connectivity index (χ0) is 17.5. The Morgan fingerprint density at radius 1 is 1.42 bits per heavy atom. The van der Waals surface area contributed by atoms with Crippen LogP contribution in [0.4, 0.5) is 0 Å². The second kappa shape index (κ2) is 8.42. The van der Waals surface area contributed by atoms with Gasteiger partial charge in [0.25, 0.3) is 5.91 Å². The first-order chi connectivity index (χ1) is 11.5. The number of amides is 1. The predicted molar refractivity (Wildman–Crippen MR) is 86.5 cm³/mol. The number of hydrogen-bond donors (Lipinski definition) is 2. The van der Waals surface area contributed by atoms with Crippen LogP contribution in [0.2, 0.25) is 5.02 Å². The standard InChI is InChI=1S/C15H17ClN4O4/c1-2-12-14(15(23)17-6-7-24-9-13(21)22)18-19-20(12)11-5-3-4-10(16)8-11/h3-5,8H,2,6-7,9H2,1H3,(H,17,23)(H,21,22). The molecule has 0 radical (unpaired) electrons. The van der Waals surface area contributed by atoms with Crippen LogP contribution < -0.4 is 5.32 Å². The highest BCUT2D eigenvalue weighted by molar-refractivity contribution is 6.30. The van der Waals surface area contributed by atoms with Crippen LogP contribution in [0.1, 0.15) is 23.1 Å². The third kappa shape index (κ3) is 4.53. The topological polar surface area (TPSA) is 106 Å². The summed E-state index contributed by atoms with van der Waals surface area (Å²) in [6.07, 6.45) is 0.553. The molecule has 1 aromatic heterocycles. The van der Waals surface area contributed by atoms with Crippen molar-refractivity contribution in [3.63, 3.8) is 0 Å². The Kier molecular flexibility index (Phi) is 6.28. The third-order valence-corrected chi connectivity index (χ3v) is 3.36. The fourth-order valence-electron chi connectivity index (χ4n) is 2.09. The average molecular weight is 353 g/mol. The van der Waals surface area contributed by atoms with E-state index in [1.165, 1.54) is 0 Å². The first-order valence-electron chi connectivity index (χ1n) is 7.31. The van der Waals surface area contributed by atoms with E-state index in [9.17, 15) is 9.59 Å². The molecular formula is C15H17ClN4O4. The molecule has 2 N–H and O–H groups in total. The number of nitrogens with one attached hydrogen (secondary N) is 1. The zero-order valence-corrected chi connectivity index (χ0v) is 13.8. The van der Waals surface area contributed by atoms with Crippen molar-refractivity contribution in [2.45, 2.75) is 13.3 Å². The summed E-state index contributed by atoms with van der Waals surface area (Å²) in [5.41, 5.74) is 1.59. The molecule has 2 rings (SSSR count). The molecule has 8 nitrogen and oxygen atoms in total. The molecule has 0 aliphatic rings. The number of carbonyl (C=O) groups excluding carboxylic acids is 1. The normalized spacial score (nSPS) is 10.6. The molecule has 0 atom stereocenters. The van der Waals surface area contributed by atoms with Crippen LogP contribution in [0.3, 0.4) is 0 Å². The van der Waals surface area contributed by atoms with Gasteiger partial charge >= 0.3 is 5.97 Å². The van der Waals surface area contributed by atoms with Gasteiger partial charge in [-0.05, 0) is 24.6 Å². The lowest BCUT2D eigenvalue weighted by Gasteiger charge is -2.07. The smallest absolute Gasteiger partial charge is 0.329 e. The summed E-state index contributed by atoms with van der Waals surface area (Å²) < 4.78 is 6.43. The lowest BCUT2D eigenvalue weighted by Crippen LogP contribution is -2.29. The van der Waals surface area contributed by atoms with E-state index in [0.29, 0.717) is 17.1 Å². The fraction of sp³-hybridized carbons (Fsp3) is 0.333. The van der Waals surface area contributed by atoms with Gasteiger partial charge in [-0.25, -0.2) is 9.48 Å². The molecule has 0 unspecified atom stereocenters. The van der Waals surface area contributed by atoms with E-state index in [4.69, 9.17) is 21.4 Å². The minimum Gasteiger partial charge on any atom is -0.480 e. The van der Waals surface area contributed by atoms with Crippen molar-refractivity contribution < 1.29 is 19.4 Å². The molecule has 24 heavy (non-hydrogen) atoms. The second-order valence-corrected chi connectivity index (χ2v) is 5.27. The summed E-state index contributed by atoms with van der Waals surface area (Å²) in [5.74, 6) is -1.45. The van der Waals surface area contributed by atoms with Gasteiger partial charge in [0.2, 0.25) is 0 Å². The number of hydrogen-bond acceptors (Lipinski definition) is 5. The van der Waals surface area contributed by atoms with Gasteiger partial charge in [0.1, 0.15) is 6.61 Å². The van der Waals surface area contributed by atoms with Crippen LogP contribution in [-0.4, -0.2) is 51.7 Å². The van der Waals surface area contributed by atoms with Crippen LogP contribution >= 0.6 is 11.6 Å². The van der Waals surface area contributed by atoms with Crippen LogP contribution in [0.15, 0.2) is 24.3 Å². The maximum absolute atomic E-state index is 12.2. The summed E-state index contributed by atoms with van der Waals surface area (Å²) in [4.78, 5) is 22.5. The van der Waals surface area contributed by atoms with Crippen molar-refractivity contribution in [2.24, 2.45) is 0 Å². The molecule has 0 fully saturated rings. The van der Waals surface area contributed by atoms with E-state index in [1.54, 1.807) is 22.9 Å². The highest BCUT2D eigenvalue weighted by Gasteiger charge is 2.19. The van der Waals surface area contributed by atoms with Gasteiger partial charge in [0.15, 0.2) is 5.69 Å². The van der Waals surface area contributed by atoms with Gasteiger partial charge in [0.05, 0.1) is 18.0 Å². The van der Waals surface area contributed by atoms with Gasteiger partial charge in [0, 0.05) is 11.6 Å². The molecular weight excluding hydrogens is 336 g/mol. The number of nitrogens with zero attached hydrogens (tertiary/aromatic N) is 3. The van der Waals surface area contributed by atoms with Gasteiger partial charge in [-0.3, -0.25) is 4.79 Å². The van der Waals surface area contributed by atoms with E-state index in [0.717, 1.165) is 5.69 Å². The van der Waals surface area contributed by atoms with Gasteiger partial charge in [-0.2, -0.15) is 0 Å². The number of carboxylic acids is 1. The van der Waals surface area contributed by atoms with Crippen molar-refractivity contribution in [3.8, 4) is 5.69 Å². The number of carboxylic acid groups (broad SMARTS) is 1. The Morgan fingerprint density at radius 2 is 2.21 bits per heavy atom. The van der Waals surface area contributed by atoms with Crippen molar-refractivity contribution in [1.82, 2.24) is 20.3 Å². The van der Waals surface area contributed by atoms with Crippen molar-refractivity contribution in [3.05, 3.63) is 40.7 Å². The van der Waals surface area contributed by atoms with Gasteiger partial charge in [-0.15, -0.1) is 5.10 Å². The molecule has 0 spiro atoms. The Morgan fingerprint density at radius 3 is 2.88 bits per heavy atom. The molecule has 0 aliphatic carbocycles. The number of ether oxygens (including phenoxy) is 1. The van der Waals surface area contributed by atoms with E-state index in [-0.39, 0.29) is 24.8 Å². The number of halogens is 1. The van der Waals surface area contributed by atoms with E-state index in [1.807, 2.05) is 13.0 Å². The summed E-state index contributed by atoms with van der Waals surface area (Å²) in [6, 6.07) is 7.09. The lowest BCUT2D eigenvalue weighted by molar-refractivity contribution is -0.142. The number of rotatable bonds is 8. The Hall–Kier alpha value is -2.45. The largest absolute Gasteiger partial charge is 0.480 e. The quantitative estimate of drug-likeness (QED) is 0.694. The molecule has 0 bridgehead atoms. The summed E-state index contributed by atoms with van der Waals surface area (Å²) in [6.45, 7) is 1.77. The predicted octanol–water partition coefficient (Wildman–Crippen LogP) is 1.31. The van der Waals surface area contributed by atoms with Crippen LogP contribution in [0, 0.1) is 0 Å². The second-order valence-electron chi connectivity index (χ2n) is 4.83. The number of carbonyl (C=O) groups is 2. The molecule has 1 amide bonds. The molecule has 9 heteroatoms. The van der Waals surface area contributed by atoms with Crippen LogP contribution in [0.5, 0.6) is 0 Å². The zero-order valence-electron chi connectivity index (χ0n) is 13.0. The van der Waals surface area contributed by atoms with E-state index < -0.39 is 12.6 Å². The van der Waals surface area contributed by atoms with Crippen molar-refractivity contribution >= 4 is 23.5 Å². The maximum Gasteiger partial charge on any atom is 0.329 e. The Balaban J connectivity index is 2.05. The van der Waals surface area contributed by atoms with Gasteiger partial charge < -0.3 is 15.2 Å². The van der Waals surface area contributed by atoms with Gasteiger partial charge in [-0.1, -0.05) is 29.8 Å². The minimum absolute atomic E-state index is 0.0991. The van der Waals surface area contributed by atoms with Crippen LogP contribution in [-0.2, 0) is 16.0 Å². The molecule has 2 aromatic rings. The fourth-order valence-corrected chi connectivity index (χ4v) is 2.27. The average Bonchev–Trinajstić information content (AvgIpc) is 2.98. The monoisotopic (exact) mass is 352 g/mol. The first kappa shape index (κ1) is 17.9. The molecule has 0 aliphatic heterocycles. The summed E-state index contributed by atoms with van der Waals surface area (Å²) in [5, 5.41) is 19.6. The van der Waals surface area contributed by atoms with E-state index in [2.05, 4.69) is 15.6 Å².